The van der Waals surface area contributed by atoms with Crippen molar-refractivity contribution < 1.29 is 23.9 Å². The van der Waals surface area contributed by atoms with Crippen LogP contribution < -0.4 is 9.64 Å². The van der Waals surface area contributed by atoms with Crippen molar-refractivity contribution >= 4 is 63.8 Å². The van der Waals surface area contributed by atoms with Gasteiger partial charge in [-0.15, -0.1) is 11.6 Å². The molecule has 12 nitrogen and oxygen atoms in total. The van der Waals surface area contributed by atoms with Gasteiger partial charge in [-0.05, 0) is 24.3 Å². The summed E-state index contributed by atoms with van der Waals surface area (Å²) in [5.41, 5.74) is 1.10. The van der Waals surface area contributed by atoms with Gasteiger partial charge in [0.1, 0.15) is 34.4 Å². The van der Waals surface area contributed by atoms with Gasteiger partial charge in [-0.2, -0.15) is 0 Å². The first-order valence-corrected chi connectivity index (χ1v) is 14.2. The molecule has 206 valence electrons. The van der Waals surface area contributed by atoms with Gasteiger partial charge in [0.2, 0.25) is 5.91 Å². The second kappa shape index (κ2) is 8.40. The van der Waals surface area contributed by atoms with Crippen molar-refractivity contribution in [2.75, 3.05) is 24.3 Å². The lowest BCUT2D eigenvalue weighted by atomic mass is 9.92. The number of amidine groups is 1. The second-order valence-electron chi connectivity index (χ2n) is 10.4. The van der Waals surface area contributed by atoms with Crippen molar-refractivity contribution in [3.63, 3.8) is 0 Å². The zero-order valence-electron chi connectivity index (χ0n) is 21.4. The average molecular weight is 590 g/mol. The van der Waals surface area contributed by atoms with Crippen molar-refractivity contribution in [2.45, 2.75) is 28.0 Å². The fourth-order valence-corrected chi connectivity index (χ4v) is 7.34. The highest BCUT2D eigenvalue weighted by Crippen LogP contribution is 2.71. The number of likely N-dealkylation sites (tertiary alicyclic amines) is 1. The molecule has 1 N–H and O–H groups in total. The number of hydrogen-bond donors (Lipinski definition) is 1. The summed E-state index contributed by atoms with van der Waals surface area (Å²) in [5.74, 6) is -0.642. The van der Waals surface area contributed by atoms with Gasteiger partial charge in [0, 0.05) is 12.0 Å². The number of H-pyrrole nitrogens is 1. The lowest BCUT2D eigenvalue weighted by Gasteiger charge is -2.51. The Hall–Kier alpha value is -4.23. The molecule has 2 aliphatic carbocycles. The standard InChI is InChI=1S/C27H20ClN7O5S/c1-39-17-6-5-13(23(36)34-10-26-9-27(26,34)25(38)40-26)7-16(17)35-18(33-15-4-2-3-14(28)19(15)24(35)37)8-41-22-20-21(30-11-29-20)31-12-32-22/h2-7,11-12,14,19H,8-10H2,1H3,(H,29,30,31,32)/t14?,19?,26-,27?/m0/s1. The van der Waals surface area contributed by atoms with E-state index in [0.29, 0.717) is 57.7 Å². The maximum atomic E-state index is 14.1. The number of aromatic nitrogens is 4. The van der Waals surface area contributed by atoms with Crippen LogP contribution in [0.3, 0.4) is 0 Å². The molecule has 0 spiro atoms. The Morgan fingerprint density at radius 2 is 2.17 bits per heavy atom. The van der Waals surface area contributed by atoms with Crippen LogP contribution in [0.1, 0.15) is 16.8 Å². The van der Waals surface area contributed by atoms with Crippen LogP contribution in [0, 0.1) is 5.92 Å². The molecule has 0 bridgehead atoms. The molecule has 3 aliphatic heterocycles. The molecule has 5 aliphatic rings. The van der Waals surface area contributed by atoms with Crippen molar-refractivity contribution in [1.29, 1.82) is 0 Å². The Bertz CT molecular complexity index is 1810. The molecule has 2 saturated heterocycles. The minimum atomic E-state index is -0.829. The molecule has 2 aromatic heterocycles. The maximum absolute atomic E-state index is 14.1. The van der Waals surface area contributed by atoms with E-state index >= 15 is 0 Å². The lowest BCUT2D eigenvalue weighted by molar-refractivity contribution is -0.209. The number of halogens is 1. The molecule has 3 fully saturated rings. The molecule has 0 radical (unpaired) electrons. The van der Waals surface area contributed by atoms with Crippen LogP contribution >= 0.6 is 23.4 Å². The third-order valence-electron chi connectivity index (χ3n) is 8.31. The summed E-state index contributed by atoms with van der Waals surface area (Å²) >= 11 is 7.95. The van der Waals surface area contributed by atoms with E-state index in [9.17, 15) is 14.4 Å². The number of carbonyl (C=O) groups is 3. The molecule has 2 amide bonds. The van der Waals surface area contributed by atoms with E-state index in [2.05, 4.69) is 19.9 Å². The number of thioether (sulfide) groups is 1. The van der Waals surface area contributed by atoms with E-state index in [1.165, 1.54) is 30.1 Å². The summed E-state index contributed by atoms with van der Waals surface area (Å²) < 4.78 is 10.9. The molecule has 4 atom stereocenters. The Morgan fingerprint density at radius 3 is 2.95 bits per heavy atom. The minimum Gasteiger partial charge on any atom is -0.495 e. The summed E-state index contributed by atoms with van der Waals surface area (Å²) in [7, 11) is 1.49. The summed E-state index contributed by atoms with van der Waals surface area (Å²) in [5, 5.41) is 0.0451. The second-order valence-corrected chi connectivity index (χ2v) is 11.8. The normalized spacial score (nSPS) is 28.9. The molecule has 5 heterocycles. The van der Waals surface area contributed by atoms with Gasteiger partial charge in [0.05, 0.1) is 42.5 Å². The van der Waals surface area contributed by atoms with E-state index in [-0.39, 0.29) is 23.5 Å². The number of nitrogens with one attached hydrogen (secondary N) is 1. The predicted molar refractivity (Wildman–Crippen MR) is 148 cm³/mol. The molecule has 1 aromatic carbocycles. The third-order valence-corrected chi connectivity index (χ3v) is 9.69. The summed E-state index contributed by atoms with van der Waals surface area (Å²) in [4.78, 5) is 63.5. The number of ether oxygens (including phenoxy) is 2. The Kier molecular flexibility index (Phi) is 5.03. The van der Waals surface area contributed by atoms with Gasteiger partial charge in [-0.25, -0.2) is 24.7 Å². The Labute approximate surface area is 241 Å². The predicted octanol–water partition coefficient (Wildman–Crippen LogP) is 2.47. The van der Waals surface area contributed by atoms with Crippen LogP contribution in [0.2, 0.25) is 0 Å². The Balaban J connectivity index is 1.18. The number of esters is 1. The number of morpholine rings is 1. The molecular weight excluding hydrogens is 570 g/mol. The van der Waals surface area contributed by atoms with E-state index in [0.717, 1.165) is 0 Å². The van der Waals surface area contributed by atoms with Gasteiger partial charge < -0.3 is 19.4 Å². The van der Waals surface area contributed by atoms with Crippen molar-refractivity contribution in [2.24, 2.45) is 10.9 Å². The van der Waals surface area contributed by atoms with Crippen LogP contribution in [0.5, 0.6) is 5.75 Å². The number of rotatable bonds is 6. The number of alkyl halides is 1. The van der Waals surface area contributed by atoms with Crippen molar-refractivity contribution in [3.8, 4) is 5.75 Å². The van der Waals surface area contributed by atoms with Crippen molar-refractivity contribution in [3.05, 3.63) is 60.3 Å². The highest BCUT2D eigenvalue weighted by molar-refractivity contribution is 8.00. The van der Waals surface area contributed by atoms with E-state index in [4.69, 9.17) is 26.1 Å². The number of fused-ring (bicyclic) bond motifs is 2. The summed E-state index contributed by atoms with van der Waals surface area (Å²) in [6.45, 7) is 0.364. The van der Waals surface area contributed by atoms with E-state index < -0.39 is 22.4 Å². The SMILES string of the molecule is COc1ccc(C(=O)N2C[C@@]34CC23C(=O)O4)cc1N1C(=O)C2C(=CC=CC2Cl)N=C1CSc1ncnc2nc[nH]c12. The topological polar surface area (TPSA) is 143 Å². The number of allylic oxidation sites excluding steroid dienone is 3. The van der Waals surface area contributed by atoms with Crippen LogP contribution in [0.4, 0.5) is 5.69 Å². The zero-order chi connectivity index (χ0) is 28.1. The quantitative estimate of drug-likeness (QED) is 0.198. The van der Waals surface area contributed by atoms with Gasteiger partial charge in [-0.1, -0.05) is 23.9 Å². The number of imidazole rings is 1. The first kappa shape index (κ1) is 24.6. The summed E-state index contributed by atoms with van der Waals surface area (Å²) in [6, 6.07) is 4.87. The largest absolute Gasteiger partial charge is 0.495 e. The van der Waals surface area contributed by atoms with Gasteiger partial charge in [-0.3, -0.25) is 14.5 Å². The number of hydrogen-bond acceptors (Lipinski definition) is 10. The third kappa shape index (κ3) is 3.21. The zero-order valence-corrected chi connectivity index (χ0v) is 23.0. The number of amides is 2. The molecule has 8 rings (SSSR count). The van der Waals surface area contributed by atoms with Gasteiger partial charge in [0.25, 0.3) is 5.91 Å². The first-order valence-electron chi connectivity index (χ1n) is 12.8. The van der Waals surface area contributed by atoms with Crippen LogP contribution in [-0.4, -0.2) is 84.4 Å². The number of nitrogens with zero attached hydrogens (tertiary/aromatic N) is 6. The number of carbonyl (C=O) groups excluding carboxylic acids is 3. The number of benzene rings is 1. The van der Waals surface area contributed by atoms with E-state index in [1.807, 2.05) is 0 Å². The van der Waals surface area contributed by atoms with Gasteiger partial charge >= 0.3 is 5.97 Å². The van der Waals surface area contributed by atoms with Crippen LogP contribution in [0.15, 0.2) is 64.8 Å². The van der Waals surface area contributed by atoms with Gasteiger partial charge in [0.15, 0.2) is 16.8 Å². The number of anilines is 1. The van der Waals surface area contributed by atoms with Crippen LogP contribution in [0.25, 0.3) is 11.2 Å². The lowest BCUT2D eigenvalue weighted by Crippen LogP contribution is -2.74. The fraction of sp³-hybridized carbons (Fsp3) is 0.296. The van der Waals surface area contributed by atoms with E-state index in [1.54, 1.807) is 47.7 Å². The monoisotopic (exact) mass is 589 g/mol. The molecule has 3 unspecified atom stereocenters. The molecule has 41 heavy (non-hydrogen) atoms. The fourth-order valence-electron chi connectivity index (χ4n) is 6.14. The molecule has 14 heteroatoms. The summed E-state index contributed by atoms with van der Waals surface area (Å²) in [6.07, 6.45) is 8.81. The Morgan fingerprint density at radius 1 is 1.29 bits per heavy atom. The number of aromatic amines is 1. The highest BCUT2D eigenvalue weighted by atomic mass is 35.5. The average Bonchev–Trinajstić information content (AvgIpc) is 3.32. The molecular formula is C27H20ClN7O5S. The van der Waals surface area contributed by atoms with Crippen LogP contribution in [-0.2, 0) is 14.3 Å². The first-order chi connectivity index (χ1) is 19.9. The maximum Gasteiger partial charge on any atom is 0.337 e. The smallest absolute Gasteiger partial charge is 0.337 e. The molecule has 1 saturated carbocycles. The van der Waals surface area contributed by atoms with Crippen molar-refractivity contribution in [1.82, 2.24) is 24.8 Å². The molecule has 3 aromatic rings. The minimum absolute atomic E-state index is 0.253. The highest BCUT2D eigenvalue weighted by Gasteiger charge is 2.95. The number of methoxy groups -OCH3 is 1. The number of aliphatic imine (C=N–C) groups is 1.